The number of nitrogens with one attached hydrogen (secondary N) is 2. The van der Waals surface area contributed by atoms with Gasteiger partial charge in [-0.3, -0.25) is 4.79 Å². The molecule has 1 aromatic rings. The molecule has 17 heavy (non-hydrogen) atoms. The molecule has 94 valence electrons. The van der Waals surface area contributed by atoms with Gasteiger partial charge in [-0.1, -0.05) is 0 Å². The third kappa shape index (κ3) is 2.40. The Hall–Kier alpha value is -1.20. The summed E-state index contributed by atoms with van der Waals surface area (Å²) >= 11 is 0. The van der Waals surface area contributed by atoms with E-state index >= 15 is 0 Å². The number of fused-ring (bicyclic) bond motifs is 1. The molecule has 1 aromatic heterocycles. The molecular formula is C12H19N3O2. The van der Waals surface area contributed by atoms with Crippen LogP contribution < -0.4 is 10.9 Å². The monoisotopic (exact) mass is 237 g/mol. The molecule has 5 heteroatoms. The highest BCUT2D eigenvalue weighted by atomic mass is 16.5. The van der Waals surface area contributed by atoms with Gasteiger partial charge in [0.15, 0.2) is 0 Å². The number of aromatic nitrogens is 2. The summed E-state index contributed by atoms with van der Waals surface area (Å²) in [7, 11) is 0. The molecule has 0 spiro atoms. The first-order valence-electron chi connectivity index (χ1n) is 6.02. The fourth-order valence-corrected chi connectivity index (χ4v) is 2.07. The molecule has 0 saturated heterocycles. The zero-order valence-corrected chi connectivity index (χ0v) is 10.6. The van der Waals surface area contributed by atoms with Crippen LogP contribution in [-0.4, -0.2) is 23.1 Å². The highest BCUT2D eigenvalue weighted by Gasteiger charge is 2.26. The molecular weight excluding hydrogens is 218 g/mol. The van der Waals surface area contributed by atoms with E-state index < -0.39 is 5.60 Å². The third-order valence-corrected chi connectivity index (χ3v) is 3.02. The molecule has 0 atom stereocenters. The minimum Gasteiger partial charge on any atom is -0.368 e. The minimum absolute atomic E-state index is 0.0509. The minimum atomic E-state index is -0.548. The summed E-state index contributed by atoms with van der Waals surface area (Å²) in [6, 6.07) is 0. The number of hydrogen-bond donors (Lipinski definition) is 2. The van der Waals surface area contributed by atoms with Crippen LogP contribution in [0.4, 0.5) is 0 Å². The fourth-order valence-electron chi connectivity index (χ4n) is 2.07. The number of nitrogens with zero attached hydrogens (tertiary/aromatic N) is 1. The normalized spacial score (nSPS) is 15.7. The summed E-state index contributed by atoms with van der Waals surface area (Å²) in [4.78, 5) is 19.3. The SMILES string of the molecule is CCOC(C)(C)c1nc2c(c(=O)[nH]1)CNCC2. The van der Waals surface area contributed by atoms with Crippen LogP contribution in [0.15, 0.2) is 4.79 Å². The lowest BCUT2D eigenvalue weighted by atomic mass is 10.1. The average molecular weight is 237 g/mol. The Morgan fingerprint density at radius 2 is 2.24 bits per heavy atom. The van der Waals surface area contributed by atoms with Crippen LogP contribution in [0, 0.1) is 0 Å². The van der Waals surface area contributed by atoms with Gasteiger partial charge in [-0.2, -0.15) is 0 Å². The molecule has 0 aromatic carbocycles. The maximum Gasteiger partial charge on any atom is 0.255 e. The lowest BCUT2D eigenvalue weighted by molar-refractivity contribution is -0.0212. The van der Waals surface area contributed by atoms with Crippen LogP contribution in [0.25, 0.3) is 0 Å². The second-order valence-corrected chi connectivity index (χ2v) is 4.71. The zero-order valence-electron chi connectivity index (χ0n) is 10.6. The number of hydrogen-bond acceptors (Lipinski definition) is 4. The molecule has 2 rings (SSSR count). The van der Waals surface area contributed by atoms with Crippen molar-refractivity contribution < 1.29 is 4.74 Å². The lowest BCUT2D eigenvalue weighted by Gasteiger charge is -2.25. The summed E-state index contributed by atoms with van der Waals surface area (Å²) in [5.41, 5.74) is 1.06. The summed E-state index contributed by atoms with van der Waals surface area (Å²) in [5, 5.41) is 3.17. The molecule has 1 aliphatic heterocycles. The van der Waals surface area contributed by atoms with Crippen molar-refractivity contribution in [3.05, 3.63) is 27.4 Å². The molecule has 2 heterocycles. The number of ether oxygens (including phenoxy) is 1. The molecule has 0 saturated carbocycles. The average Bonchev–Trinajstić information content (AvgIpc) is 2.29. The topological polar surface area (TPSA) is 67.0 Å². The van der Waals surface area contributed by atoms with Gasteiger partial charge in [0.1, 0.15) is 11.4 Å². The van der Waals surface area contributed by atoms with Crippen molar-refractivity contribution in [2.75, 3.05) is 13.2 Å². The largest absolute Gasteiger partial charge is 0.368 e. The van der Waals surface area contributed by atoms with E-state index in [0.717, 1.165) is 24.2 Å². The molecule has 1 aliphatic rings. The molecule has 0 amide bonds. The van der Waals surface area contributed by atoms with Crippen LogP contribution in [-0.2, 0) is 23.3 Å². The van der Waals surface area contributed by atoms with Crippen molar-refractivity contribution >= 4 is 0 Å². The fraction of sp³-hybridized carbons (Fsp3) is 0.667. The van der Waals surface area contributed by atoms with E-state index in [-0.39, 0.29) is 5.56 Å². The van der Waals surface area contributed by atoms with Crippen molar-refractivity contribution in [3.8, 4) is 0 Å². The third-order valence-electron chi connectivity index (χ3n) is 3.02. The zero-order chi connectivity index (χ0) is 12.5. The van der Waals surface area contributed by atoms with Crippen LogP contribution >= 0.6 is 0 Å². The number of rotatable bonds is 3. The van der Waals surface area contributed by atoms with Crippen molar-refractivity contribution in [1.29, 1.82) is 0 Å². The predicted octanol–water partition coefficient (Wildman–Crippen LogP) is 0.687. The second kappa shape index (κ2) is 4.58. The first-order chi connectivity index (χ1) is 8.04. The van der Waals surface area contributed by atoms with Crippen LogP contribution in [0.1, 0.15) is 37.9 Å². The van der Waals surface area contributed by atoms with E-state index in [0.29, 0.717) is 19.0 Å². The van der Waals surface area contributed by atoms with Crippen LogP contribution in [0.2, 0.25) is 0 Å². The van der Waals surface area contributed by atoms with Gasteiger partial charge in [0.2, 0.25) is 0 Å². The van der Waals surface area contributed by atoms with E-state index in [1.54, 1.807) is 0 Å². The Morgan fingerprint density at radius 1 is 1.47 bits per heavy atom. The van der Waals surface area contributed by atoms with Crippen molar-refractivity contribution in [2.45, 2.75) is 39.3 Å². The Bertz CT molecular complexity index is 465. The van der Waals surface area contributed by atoms with Gasteiger partial charge in [0.05, 0.1) is 11.3 Å². The van der Waals surface area contributed by atoms with E-state index in [1.807, 2.05) is 20.8 Å². The number of aromatic amines is 1. The van der Waals surface area contributed by atoms with Gasteiger partial charge in [-0.25, -0.2) is 4.98 Å². The summed E-state index contributed by atoms with van der Waals surface area (Å²) in [5.74, 6) is 0.616. The highest BCUT2D eigenvalue weighted by Crippen LogP contribution is 2.21. The van der Waals surface area contributed by atoms with Crippen molar-refractivity contribution in [2.24, 2.45) is 0 Å². The first kappa shape index (κ1) is 12.3. The van der Waals surface area contributed by atoms with Gasteiger partial charge < -0.3 is 15.0 Å². The van der Waals surface area contributed by atoms with E-state index in [4.69, 9.17) is 4.74 Å². The molecule has 0 fully saturated rings. The quantitative estimate of drug-likeness (QED) is 0.811. The first-order valence-corrected chi connectivity index (χ1v) is 6.02. The summed E-state index contributed by atoms with van der Waals surface area (Å²) in [6.07, 6.45) is 0.800. The Balaban J connectivity index is 2.44. The summed E-state index contributed by atoms with van der Waals surface area (Å²) < 4.78 is 5.61. The predicted molar refractivity (Wildman–Crippen MR) is 64.9 cm³/mol. The maximum absolute atomic E-state index is 11.9. The van der Waals surface area contributed by atoms with Gasteiger partial charge in [-0.05, 0) is 20.8 Å². The highest BCUT2D eigenvalue weighted by molar-refractivity contribution is 5.21. The lowest BCUT2D eigenvalue weighted by Crippen LogP contribution is -2.35. The maximum atomic E-state index is 11.9. The van der Waals surface area contributed by atoms with E-state index in [9.17, 15) is 4.79 Å². The van der Waals surface area contributed by atoms with Gasteiger partial charge in [0.25, 0.3) is 5.56 Å². The van der Waals surface area contributed by atoms with Gasteiger partial charge >= 0.3 is 0 Å². The van der Waals surface area contributed by atoms with Gasteiger partial charge in [-0.15, -0.1) is 0 Å². The van der Waals surface area contributed by atoms with E-state index in [1.165, 1.54) is 0 Å². The van der Waals surface area contributed by atoms with Crippen LogP contribution in [0.3, 0.4) is 0 Å². The molecule has 5 nitrogen and oxygen atoms in total. The molecule has 0 unspecified atom stereocenters. The smallest absolute Gasteiger partial charge is 0.255 e. The second-order valence-electron chi connectivity index (χ2n) is 4.71. The van der Waals surface area contributed by atoms with Gasteiger partial charge in [0, 0.05) is 26.1 Å². The van der Waals surface area contributed by atoms with Crippen LogP contribution in [0.5, 0.6) is 0 Å². The molecule has 0 radical (unpaired) electrons. The standard InChI is InChI=1S/C12H19N3O2/c1-4-17-12(2,3)11-14-9-5-6-13-7-8(9)10(16)15-11/h13H,4-7H2,1-3H3,(H,14,15,16). The Labute approximate surface area is 101 Å². The summed E-state index contributed by atoms with van der Waals surface area (Å²) in [6.45, 7) is 7.84. The van der Waals surface area contributed by atoms with Crippen molar-refractivity contribution in [1.82, 2.24) is 15.3 Å². The van der Waals surface area contributed by atoms with Crippen molar-refractivity contribution in [3.63, 3.8) is 0 Å². The van der Waals surface area contributed by atoms with E-state index in [2.05, 4.69) is 15.3 Å². The number of H-pyrrole nitrogens is 1. The Kier molecular flexibility index (Phi) is 3.31. The molecule has 0 bridgehead atoms. The molecule has 0 aliphatic carbocycles. The molecule has 2 N–H and O–H groups in total. The Morgan fingerprint density at radius 3 is 2.94 bits per heavy atom.